The Kier molecular flexibility index (Phi) is 7.11. The Labute approximate surface area is 214 Å². The van der Waals surface area contributed by atoms with Crippen LogP contribution in [0.3, 0.4) is 0 Å². The molecule has 198 valence electrons. The standard InChI is InChI=1S/C27H31F3N4O3/c28-27(29,30)37-22-9-6-19(7-10-22)24(35)32-26-12-3-4-23(26)34(17-13-26)25(36)20-5-8-21(31-18-20)11-16-33-14-1-2-15-33/h5-10,18,23H,1-4,11-17H2,(H,32,35)/t23-,26+/m0/s1. The summed E-state index contributed by atoms with van der Waals surface area (Å²) < 4.78 is 41.1. The Morgan fingerprint density at radius 3 is 2.41 bits per heavy atom. The molecule has 7 nitrogen and oxygen atoms in total. The summed E-state index contributed by atoms with van der Waals surface area (Å²) in [5.74, 6) is -0.840. The third-order valence-corrected chi connectivity index (χ3v) is 7.84. The van der Waals surface area contributed by atoms with Crippen LogP contribution < -0.4 is 10.1 Å². The lowest BCUT2D eigenvalue weighted by Gasteiger charge is -2.33. The number of likely N-dealkylation sites (tertiary alicyclic amines) is 2. The van der Waals surface area contributed by atoms with E-state index >= 15 is 0 Å². The summed E-state index contributed by atoms with van der Waals surface area (Å²) in [6, 6.07) is 8.50. The van der Waals surface area contributed by atoms with Crippen molar-refractivity contribution in [2.75, 3.05) is 26.2 Å². The zero-order valence-corrected chi connectivity index (χ0v) is 20.6. The first kappa shape index (κ1) is 25.5. The summed E-state index contributed by atoms with van der Waals surface area (Å²) >= 11 is 0. The van der Waals surface area contributed by atoms with Gasteiger partial charge in [0.05, 0.1) is 17.1 Å². The molecular weight excluding hydrogens is 485 g/mol. The van der Waals surface area contributed by atoms with Gasteiger partial charge in [-0.25, -0.2) is 0 Å². The number of hydrogen-bond donors (Lipinski definition) is 1. The molecule has 2 atom stereocenters. The monoisotopic (exact) mass is 516 g/mol. The average molecular weight is 517 g/mol. The van der Waals surface area contributed by atoms with Crippen LogP contribution in [0.2, 0.25) is 0 Å². The van der Waals surface area contributed by atoms with Gasteiger partial charge in [0.25, 0.3) is 11.8 Å². The highest BCUT2D eigenvalue weighted by Gasteiger charge is 2.52. The Bertz CT molecular complexity index is 1120. The molecule has 0 radical (unpaired) electrons. The lowest BCUT2D eigenvalue weighted by atomic mass is 9.92. The third kappa shape index (κ3) is 5.74. The number of hydrogen-bond acceptors (Lipinski definition) is 5. The van der Waals surface area contributed by atoms with E-state index in [4.69, 9.17) is 0 Å². The number of carbonyl (C=O) groups is 2. The SMILES string of the molecule is O=C(N[C@@]12CCC[C@@H]1N(C(=O)c1ccc(CCN3CCCC3)nc1)CC2)c1ccc(OC(F)(F)F)cc1. The largest absolute Gasteiger partial charge is 0.573 e. The van der Waals surface area contributed by atoms with E-state index in [2.05, 4.69) is 19.9 Å². The number of nitrogens with zero attached hydrogens (tertiary/aromatic N) is 3. The summed E-state index contributed by atoms with van der Waals surface area (Å²) in [7, 11) is 0. The molecule has 2 saturated heterocycles. The van der Waals surface area contributed by atoms with Gasteiger partial charge in [0, 0.05) is 37.0 Å². The maximum Gasteiger partial charge on any atom is 0.573 e. The third-order valence-electron chi connectivity index (χ3n) is 7.84. The van der Waals surface area contributed by atoms with Crippen molar-refractivity contribution in [1.82, 2.24) is 20.1 Å². The Morgan fingerprint density at radius 1 is 1.00 bits per heavy atom. The van der Waals surface area contributed by atoms with Crippen LogP contribution in [-0.2, 0) is 6.42 Å². The highest BCUT2D eigenvalue weighted by atomic mass is 19.4. The minimum absolute atomic E-state index is 0.0877. The smallest absolute Gasteiger partial charge is 0.406 e. The van der Waals surface area contributed by atoms with Crippen LogP contribution >= 0.6 is 0 Å². The number of nitrogens with one attached hydrogen (secondary N) is 1. The lowest BCUT2D eigenvalue weighted by molar-refractivity contribution is -0.274. The number of ether oxygens (including phenoxy) is 1. The molecule has 2 aliphatic heterocycles. The van der Waals surface area contributed by atoms with Gasteiger partial charge in [0.2, 0.25) is 0 Å². The van der Waals surface area contributed by atoms with Crippen LogP contribution in [0.5, 0.6) is 5.75 Å². The van der Waals surface area contributed by atoms with E-state index in [-0.39, 0.29) is 29.2 Å². The van der Waals surface area contributed by atoms with Gasteiger partial charge in [-0.1, -0.05) is 0 Å². The van der Waals surface area contributed by atoms with Crippen molar-refractivity contribution in [3.8, 4) is 5.75 Å². The quantitative estimate of drug-likeness (QED) is 0.598. The van der Waals surface area contributed by atoms with Crippen molar-refractivity contribution in [3.63, 3.8) is 0 Å². The maximum atomic E-state index is 13.4. The molecule has 2 aromatic rings. The van der Waals surface area contributed by atoms with Crippen molar-refractivity contribution in [3.05, 3.63) is 59.4 Å². The van der Waals surface area contributed by atoms with Crippen LogP contribution in [0, 0.1) is 0 Å². The minimum Gasteiger partial charge on any atom is -0.406 e. The molecule has 3 heterocycles. The van der Waals surface area contributed by atoms with Crippen LogP contribution in [0.25, 0.3) is 0 Å². The molecule has 1 N–H and O–H groups in total. The number of fused-ring (bicyclic) bond motifs is 1. The molecule has 1 aromatic carbocycles. The van der Waals surface area contributed by atoms with Gasteiger partial charge in [-0.2, -0.15) is 0 Å². The number of rotatable bonds is 7. The van der Waals surface area contributed by atoms with Gasteiger partial charge in [-0.05, 0) is 88.0 Å². The summed E-state index contributed by atoms with van der Waals surface area (Å²) in [5.41, 5.74) is 1.21. The first-order valence-corrected chi connectivity index (χ1v) is 12.9. The highest BCUT2D eigenvalue weighted by Crippen LogP contribution is 2.42. The molecule has 1 aromatic heterocycles. The summed E-state index contributed by atoms with van der Waals surface area (Å²) in [6.07, 6.45) is 3.27. The molecule has 10 heteroatoms. The van der Waals surface area contributed by atoms with E-state index in [1.165, 1.54) is 25.0 Å². The predicted molar refractivity (Wildman–Crippen MR) is 130 cm³/mol. The normalized spacial score (nSPS) is 23.8. The molecule has 1 aliphatic carbocycles. The number of halogens is 3. The average Bonchev–Trinajstić information content (AvgIpc) is 3.59. The number of aromatic nitrogens is 1. The fourth-order valence-electron chi connectivity index (χ4n) is 5.98. The first-order valence-electron chi connectivity index (χ1n) is 12.9. The lowest BCUT2D eigenvalue weighted by Crippen LogP contribution is -2.54. The fourth-order valence-corrected chi connectivity index (χ4v) is 5.98. The Balaban J connectivity index is 1.21. The van der Waals surface area contributed by atoms with Crippen molar-refractivity contribution in [2.24, 2.45) is 0 Å². The number of amides is 2. The molecule has 3 fully saturated rings. The predicted octanol–water partition coefficient (Wildman–Crippen LogP) is 4.19. The van der Waals surface area contributed by atoms with Crippen molar-refractivity contribution >= 4 is 11.8 Å². The second kappa shape index (κ2) is 10.3. The maximum absolute atomic E-state index is 13.4. The van der Waals surface area contributed by atoms with Gasteiger partial charge in [-0.15, -0.1) is 13.2 Å². The summed E-state index contributed by atoms with van der Waals surface area (Å²) in [6.45, 7) is 3.79. The Morgan fingerprint density at radius 2 is 1.73 bits per heavy atom. The molecule has 37 heavy (non-hydrogen) atoms. The highest BCUT2D eigenvalue weighted by molar-refractivity contribution is 5.96. The van der Waals surface area contributed by atoms with Crippen LogP contribution in [0.15, 0.2) is 42.6 Å². The van der Waals surface area contributed by atoms with Crippen LogP contribution in [0.1, 0.15) is 64.9 Å². The van der Waals surface area contributed by atoms with E-state index in [9.17, 15) is 22.8 Å². The van der Waals surface area contributed by atoms with Gasteiger partial charge in [-0.3, -0.25) is 14.6 Å². The first-order chi connectivity index (χ1) is 17.7. The van der Waals surface area contributed by atoms with Gasteiger partial charge >= 0.3 is 6.36 Å². The minimum atomic E-state index is -4.79. The van der Waals surface area contributed by atoms with Crippen LogP contribution in [0.4, 0.5) is 13.2 Å². The van der Waals surface area contributed by atoms with E-state index in [0.717, 1.165) is 63.1 Å². The molecule has 5 rings (SSSR count). The second-order valence-corrected chi connectivity index (χ2v) is 10.2. The van der Waals surface area contributed by atoms with E-state index in [0.29, 0.717) is 18.5 Å². The molecule has 0 bridgehead atoms. The Hall–Kier alpha value is -3.14. The number of pyridine rings is 1. The number of alkyl halides is 3. The van der Waals surface area contributed by atoms with Gasteiger partial charge < -0.3 is 19.9 Å². The van der Waals surface area contributed by atoms with Crippen molar-refractivity contribution < 1.29 is 27.5 Å². The zero-order valence-electron chi connectivity index (χ0n) is 20.6. The second-order valence-electron chi connectivity index (χ2n) is 10.2. The van der Waals surface area contributed by atoms with E-state index in [1.807, 2.05) is 17.0 Å². The summed E-state index contributed by atoms with van der Waals surface area (Å²) in [5, 5.41) is 3.11. The number of carbonyl (C=O) groups excluding carboxylic acids is 2. The molecule has 0 spiro atoms. The molecular formula is C27H31F3N4O3. The molecule has 0 unspecified atom stereocenters. The van der Waals surface area contributed by atoms with E-state index < -0.39 is 11.9 Å². The molecule has 2 amide bonds. The topological polar surface area (TPSA) is 74.8 Å². The summed E-state index contributed by atoms with van der Waals surface area (Å²) in [4.78, 5) is 35.2. The van der Waals surface area contributed by atoms with Crippen LogP contribution in [-0.4, -0.2) is 70.7 Å². The fraction of sp³-hybridized carbons (Fsp3) is 0.519. The van der Waals surface area contributed by atoms with Crippen molar-refractivity contribution in [2.45, 2.75) is 62.9 Å². The van der Waals surface area contributed by atoms with E-state index in [1.54, 1.807) is 6.20 Å². The zero-order chi connectivity index (χ0) is 26.0. The molecule has 1 saturated carbocycles. The van der Waals surface area contributed by atoms with Gasteiger partial charge in [0.1, 0.15) is 5.75 Å². The number of benzene rings is 1. The van der Waals surface area contributed by atoms with Gasteiger partial charge in [0.15, 0.2) is 0 Å². The molecule has 3 aliphatic rings. The van der Waals surface area contributed by atoms with Crippen molar-refractivity contribution in [1.29, 1.82) is 0 Å².